The Morgan fingerprint density at radius 3 is 3.05 bits per heavy atom. The number of nitrogens with zero attached hydrogens (tertiary/aromatic N) is 3. The second-order valence-electron chi connectivity index (χ2n) is 6.36. The van der Waals surface area contributed by atoms with Crippen LogP contribution in [0.3, 0.4) is 0 Å². The largest absolute Gasteiger partial charge is 0.308 e. The van der Waals surface area contributed by atoms with Gasteiger partial charge in [0.1, 0.15) is 5.01 Å². The molecule has 2 fully saturated rings. The Hall–Kier alpha value is -0.490. The van der Waals surface area contributed by atoms with Gasteiger partial charge in [0.15, 0.2) is 0 Å². The van der Waals surface area contributed by atoms with E-state index in [9.17, 15) is 0 Å². The van der Waals surface area contributed by atoms with E-state index in [0.717, 1.165) is 19.1 Å². The van der Waals surface area contributed by atoms with Crippen molar-refractivity contribution in [2.45, 2.75) is 50.9 Å². The Kier molecular flexibility index (Phi) is 4.71. The molecule has 20 heavy (non-hydrogen) atoms. The topological polar surface area (TPSA) is 31.4 Å². The standard InChI is InChI=1S/C15H26N4S/c1-18-7-3-4-14(10-18)19(2)9-13-11-20-15(17-13)8-16-12-5-6-12/h11-12,14,16H,3-10H2,1-2H3. The molecular formula is C15H26N4S. The lowest BCUT2D eigenvalue weighted by Crippen LogP contribution is -2.44. The van der Waals surface area contributed by atoms with E-state index in [1.807, 2.05) is 0 Å². The fraction of sp³-hybridized carbons (Fsp3) is 0.800. The minimum absolute atomic E-state index is 0.684. The Bertz CT molecular complexity index is 429. The van der Waals surface area contributed by atoms with Crippen molar-refractivity contribution in [3.8, 4) is 0 Å². The lowest BCUT2D eigenvalue weighted by molar-refractivity contribution is 0.128. The zero-order chi connectivity index (χ0) is 13.9. The number of aromatic nitrogens is 1. The summed E-state index contributed by atoms with van der Waals surface area (Å²) in [5.41, 5.74) is 1.23. The molecule has 0 radical (unpaired) electrons. The number of hydrogen-bond acceptors (Lipinski definition) is 5. The zero-order valence-electron chi connectivity index (χ0n) is 12.6. The quantitative estimate of drug-likeness (QED) is 0.868. The van der Waals surface area contributed by atoms with Crippen LogP contribution in [0.25, 0.3) is 0 Å². The Morgan fingerprint density at radius 2 is 2.30 bits per heavy atom. The molecule has 0 spiro atoms. The molecule has 1 aromatic heterocycles. The van der Waals surface area contributed by atoms with Gasteiger partial charge in [-0.25, -0.2) is 4.98 Å². The summed E-state index contributed by atoms with van der Waals surface area (Å²) >= 11 is 1.80. The average molecular weight is 294 g/mol. The molecule has 1 aliphatic heterocycles. The zero-order valence-corrected chi connectivity index (χ0v) is 13.5. The maximum Gasteiger partial charge on any atom is 0.107 e. The van der Waals surface area contributed by atoms with E-state index in [1.54, 1.807) is 11.3 Å². The lowest BCUT2D eigenvalue weighted by Gasteiger charge is -2.35. The normalized spacial score (nSPS) is 24.4. The van der Waals surface area contributed by atoms with Crippen LogP contribution in [0, 0.1) is 0 Å². The van der Waals surface area contributed by atoms with Gasteiger partial charge in [-0.1, -0.05) is 0 Å². The van der Waals surface area contributed by atoms with Gasteiger partial charge in [-0.3, -0.25) is 4.90 Å². The van der Waals surface area contributed by atoms with E-state index in [0.29, 0.717) is 6.04 Å². The first kappa shape index (κ1) is 14.4. The van der Waals surface area contributed by atoms with Crippen LogP contribution >= 0.6 is 11.3 Å². The van der Waals surface area contributed by atoms with Crippen LogP contribution in [0.1, 0.15) is 36.4 Å². The highest BCUT2D eigenvalue weighted by atomic mass is 32.1. The first-order valence-corrected chi connectivity index (χ1v) is 8.64. The van der Waals surface area contributed by atoms with Crippen molar-refractivity contribution in [2.24, 2.45) is 0 Å². The van der Waals surface area contributed by atoms with Crippen LogP contribution in [0.2, 0.25) is 0 Å². The molecule has 1 aromatic rings. The SMILES string of the molecule is CN1CCCC(N(C)Cc2csc(CNC3CC3)n2)C1. The second kappa shape index (κ2) is 6.52. The fourth-order valence-electron chi connectivity index (χ4n) is 2.91. The van der Waals surface area contributed by atoms with E-state index in [4.69, 9.17) is 4.98 Å². The molecule has 0 aromatic carbocycles. The van der Waals surface area contributed by atoms with Gasteiger partial charge < -0.3 is 10.2 Å². The molecule has 5 heteroatoms. The van der Waals surface area contributed by atoms with Gasteiger partial charge in [0.2, 0.25) is 0 Å². The lowest BCUT2D eigenvalue weighted by atomic mass is 10.1. The minimum Gasteiger partial charge on any atom is -0.308 e. The highest BCUT2D eigenvalue weighted by molar-refractivity contribution is 7.09. The summed E-state index contributed by atoms with van der Waals surface area (Å²) in [6.07, 6.45) is 5.33. The maximum atomic E-state index is 4.76. The van der Waals surface area contributed by atoms with Crippen molar-refractivity contribution in [3.05, 3.63) is 16.1 Å². The van der Waals surface area contributed by atoms with Gasteiger partial charge in [0.25, 0.3) is 0 Å². The van der Waals surface area contributed by atoms with E-state index in [-0.39, 0.29) is 0 Å². The fourth-order valence-corrected chi connectivity index (χ4v) is 3.64. The third-order valence-electron chi connectivity index (χ3n) is 4.35. The number of likely N-dealkylation sites (tertiary alicyclic amines) is 1. The molecule has 3 rings (SSSR count). The molecule has 0 bridgehead atoms. The van der Waals surface area contributed by atoms with Crippen LogP contribution in [-0.4, -0.2) is 54.1 Å². The van der Waals surface area contributed by atoms with Crippen molar-refractivity contribution < 1.29 is 0 Å². The van der Waals surface area contributed by atoms with Crippen molar-refractivity contribution in [1.82, 2.24) is 20.1 Å². The van der Waals surface area contributed by atoms with Gasteiger partial charge in [0.05, 0.1) is 5.69 Å². The van der Waals surface area contributed by atoms with Gasteiger partial charge in [-0.15, -0.1) is 11.3 Å². The minimum atomic E-state index is 0.684. The summed E-state index contributed by atoms with van der Waals surface area (Å²) in [5.74, 6) is 0. The molecule has 4 nitrogen and oxygen atoms in total. The molecule has 2 heterocycles. The van der Waals surface area contributed by atoms with Crippen LogP contribution in [0.4, 0.5) is 0 Å². The Labute approximate surface area is 126 Å². The Morgan fingerprint density at radius 1 is 1.45 bits per heavy atom. The average Bonchev–Trinajstić information content (AvgIpc) is 3.16. The van der Waals surface area contributed by atoms with E-state index in [1.165, 1.54) is 49.5 Å². The highest BCUT2D eigenvalue weighted by Gasteiger charge is 2.22. The number of likely N-dealkylation sites (N-methyl/N-ethyl adjacent to an activating group) is 2. The number of rotatable bonds is 6. The van der Waals surface area contributed by atoms with E-state index in [2.05, 4.69) is 34.6 Å². The predicted molar refractivity (Wildman–Crippen MR) is 84.0 cm³/mol. The van der Waals surface area contributed by atoms with Crippen LogP contribution in [0.5, 0.6) is 0 Å². The third kappa shape index (κ3) is 4.01. The molecule has 112 valence electrons. The molecule has 1 aliphatic carbocycles. The molecule has 1 saturated carbocycles. The summed E-state index contributed by atoms with van der Waals surface area (Å²) < 4.78 is 0. The van der Waals surface area contributed by atoms with E-state index < -0.39 is 0 Å². The van der Waals surface area contributed by atoms with Gasteiger partial charge in [-0.05, 0) is 46.3 Å². The molecular weight excluding hydrogens is 268 g/mol. The Balaban J connectivity index is 1.48. The van der Waals surface area contributed by atoms with Crippen LogP contribution in [0.15, 0.2) is 5.38 Å². The van der Waals surface area contributed by atoms with Gasteiger partial charge >= 0.3 is 0 Å². The molecule has 1 saturated heterocycles. The van der Waals surface area contributed by atoms with Crippen molar-refractivity contribution >= 4 is 11.3 Å². The van der Waals surface area contributed by atoms with Gasteiger partial charge in [0, 0.05) is 37.1 Å². The van der Waals surface area contributed by atoms with E-state index >= 15 is 0 Å². The summed E-state index contributed by atoms with van der Waals surface area (Å²) in [7, 11) is 4.47. The molecule has 1 N–H and O–H groups in total. The van der Waals surface area contributed by atoms with Gasteiger partial charge in [-0.2, -0.15) is 0 Å². The molecule has 1 unspecified atom stereocenters. The predicted octanol–water partition coefficient (Wildman–Crippen LogP) is 1.92. The van der Waals surface area contributed by atoms with Crippen molar-refractivity contribution in [3.63, 3.8) is 0 Å². The number of thiazole rings is 1. The summed E-state index contributed by atoms with van der Waals surface area (Å²) in [6, 6.07) is 1.45. The summed E-state index contributed by atoms with van der Waals surface area (Å²) in [5, 5.41) is 7.00. The number of hydrogen-bond donors (Lipinski definition) is 1. The van der Waals surface area contributed by atoms with Crippen molar-refractivity contribution in [2.75, 3.05) is 27.2 Å². The van der Waals surface area contributed by atoms with Crippen LogP contribution < -0.4 is 5.32 Å². The first-order valence-electron chi connectivity index (χ1n) is 7.76. The smallest absolute Gasteiger partial charge is 0.107 e. The van der Waals surface area contributed by atoms with Crippen molar-refractivity contribution in [1.29, 1.82) is 0 Å². The van der Waals surface area contributed by atoms with Crippen LogP contribution in [-0.2, 0) is 13.1 Å². The summed E-state index contributed by atoms with van der Waals surface area (Å²) in [4.78, 5) is 9.68. The molecule has 2 aliphatic rings. The number of piperidine rings is 1. The third-order valence-corrected chi connectivity index (χ3v) is 5.25. The maximum absolute atomic E-state index is 4.76. The highest BCUT2D eigenvalue weighted by Crippen LogP contribution is 2.21. The monoisotopic (exact) mass is 294 g/mol. The first-order chi connectivity index (χ1) is 9.70. The molecule has 0 amide bonds. The number of nitrogens with one attached hydrogen (secondary N) is 1. The second-order valence-corrected chi connectivity index (χ2v) is 7.30. The summed E-state index contributed by atoms with van der Waals surface area (Å²) in [6.45, 7) is 4.37. The molecule has 1 atom stereocenters.